The average Bonchev–Trinajstić information content (AvgIpc) is 3.28. The zero-order valence-corrected chi connectivity index (χ0v) is 17.2. The third-order valence-electron chi connectivity index (χ3n) is 5.51. The summed E-state index contributed by atoms with van der Waals surface area (Å²) < 4.78 is 1.55. The highest BCUT2D eigenvalue weighted by molar-refractivity contribution is 6.06. The van der Waals surface area contributed by atoms with E-state index >= 15 is 0 Å². The number of hydrogen-bond acceptors (Lipinski definition) is 6. The Balaban J connectivity index is 1.70. The lowest BCUT2D eigenvalue weighted by molar-refractivity contribution is -0.135. The maximum Gasteiger partial charge on any atom is 0.244 e. The van der Waals surface area contributed by atoms with E-state index in [1.807, 2.05) is 32.0 Å². The molecule has 8 nitrogen and oxygen atoms in total. The van der Waals surface area contributed by atoms with Gasteiger partial charge in [0.2, 0.25) is 5.91 Å². The highest BCUT2D eigenvalue weighted by Crippen LogP contribution is 2.27. The van der Waals surface area contributed by atoms with Crippen LogP contribution in [0.2, 0.25) is 0 Å². The molecule has 1 saturated heterocycles. The Hall–Kier alpha value is -3.42. The quantitative estimate of drug-likeness (QED) is 0.478. The molecule has 0 N–H and O–H groups in total. The monoisotopic (exact) mass is 405 g/mol. The molecule has 0 radical (unpaired) electrons. The smallest absolute Gasteiger partial charge is 0.244 e. The number of amides is 1. The zero-order valence-electron chi connectivity index (χ0n) is 17.2. The van der Waals surface area contributed by atoms with E-state index in [9.17, 15) is 14.4 Å². The fourth-order valence-electron chi connectivity index (χ4n) is 4.00. The molecule has 0 aliphatic carbocycles. The molecule has 2 aromatic heterocycles. The summed E-state index contributed by atoms with van der Waals surface area (Å²) in [5.41, 5.74) is 2.71. The number of aromatic nitrogens is 4. The van der Waals surface area contributed by atoms with Crippen molar-refractivity contribution in [3.63, 3.8) is 0 Å². The Labute approximate surface area is 173 Å². The molecule has 3 heterocycles. The van der Waals surface area contributed by atoms with Crippen molar-refractivity contribution >= 4 is 28.9 Å². The van der Waals surface area contributed by atoms with Crippen LogP contribution in [0.3, 0.4) is 0 Å². The SMILES string of the molecule is CC(=O)c1nn(CC(=O)N2CC(C)CC2C=O)c2ccc(-c3cnc(C)nc3)cc12. The fraction of sp³-hybridized carbons (Fsp3) is 0.364. The number of aldehydes is 1. The predicted octanol–water partition coefficient (Wildman–Crippen LogP) is 2.44. The van der Waals surface area contributed by atoms with Gasteiger partial charge in [0.15, 0.2) is 5.78 Å². The number of rotatable bonds is 5. The van der Waals surface area contributed by atoms with E-state index < -0.39 is 6.04 Å². The van der Waals surface area contributed by atoms with Crippen LogP contribution in [0.25, 0.3) is 22.0 Å². The number of likely N-dealkylation sites (tertiary alicyclic amines) is 1. The Morgan fingerprint density at radius 3 is 2.60 bits per heavy atom. The van der Waals surface area contributed by atoms with Crippen molar-refractivity contribution in [2.45, 2.75) is 39.8 Å². The Bertz CT molecular complexity index is 1140. The molecule has 0 saturated carbocycles. The third kappa shape index (κ3) is 3.60. The molecule has 1 amide bonds. The number of nitrogens with zero attached hydrogens (tertiary/aromatic N) is 5. The van der Waals surface area contributed by atoms with Crippen molar-refractivity contribution in [3.8, 4) is 11.1 Å². The second kappa shape index (κ2) is 7.78. The molecule has 30 heavy (non-hydrogen) atoms. The molecule has 0 bridgehead atoms. The molecular formula is C22H23N5O3. The molecule has 2 atom stereocenters. The largest absolute Gasteiger partial charge is 0.331 e. The molecule has 2 unspecified atom stereocenters. The van der Waals surface area contributed by atoms with Crippen LogP contribution in [0.1, 0.15) is 36.6 Å². The van der Waals surface area contributed by atoms with Crippen molar-refractivity contribution in [2.24, 2.45) is 5.92 Å². The predicted molar refractivity (Wildman–Crippen MR) is 111 cm³/mol. The van der Waals surface area contributed by atoms with Gasteiger partial charge in [0.25, 0.3) is 0 Å². The first kappa shape index (κ1) is 19.9. The van der Waals surface area contributed by atoms with Gasteiger partial charge in [-0.2, -0.15) is 5.10 Å². The number of hydrogen-bond donors (Lipinski definition) is 0. The van der Waals surface area contributed by atoms with E-state index in [4.69, 9.17) is 0 Å². The first-order valence-corrected chi connectivity index (χ1v) is 9.92. The van der Waals surface area contributed by atoms with Crippen LogP contribution in [0, 0.1) is 12.8 Å². The highest BCUT2D eigenvalue weighted by atomic mass is 16.2. The molecule has 1 aromatic carbocycles. The summed E-state index contributed by atoms with van der Waals surface area (Å²) in [6.07, 6.45) is 4.98. The number of fused-ring (bicyclic) bond motifs is 1. The first-order valence-electron chi connectivity index (χ1n) is 9.92. The minimum absolute atomic E-state index is 0.0200. The van der Waals surface area contributed by atoms with Gasteiger partial charge in [-0.15, -0.1) is 0 Å². The topological polar surface area (TPSA) is 98.1 Å². The van der Waals surface area contributed by atoms with Gasteiger partial charge < -0.3 is 9.69 Å². The summed E-state index contributed by atoms with van der Waals surface area (Å²) in [6.45, 7) is 5.84. The first-order chi connectivity index (χ1) is 14.4. The van der Waals surface area contributed by atoms with E-state index in [1.165, 1.54) is 6.92 Å². The fourth-order valence-corrected chi connectivity index (χ4v) is 4.00. The van der Waals surface area contributed by atoms with Crippen LogP contribution < -0.4 is 0 Å². The summed E-state index contributed by atoms with van der Waals surface area (Å²) in [5.74, 6) is 0.613. The number of Topliss-reactive ketones (excluding diaryl/α,β-unsaturated/α-hetero) is 1. The molecule has 3 aromatic rings. The van der Waals surface area contributed by atoms with Crippen molar-refractivity contribution in [2.75, 3.05) is 6.54 Å². The normalized spacial score (nSPS) is 18.7. The summed E-state index contributed by atoms with van der Waals surface area (Å²) in [7, 11) is 0. The van der Waals surface area contributed by atoms with Gasteiger partial charge in [-0.1, -0.05) is 13.0 Å². The number of carbonyl (C=O) groups excluding carboxylic acids is 3. The van der Waals surface area contributed by atoms with Crippen LogP contribution in [-0.2, 0) is 16.1 Å². The minimum Gasteiger partial charge on any atom is -0.331 e. The Morgan fingerprint density at radius 1 is 1.20 bits per heavy atom. The Morgan fingerprint density at radius 2 is 1.93 bits per heavy atom. The standard InChI is InChI=1S/C22H23N5O3/c1-13-6-18(12-28)26(10-13)21(30)11-27-20-5-4-16(17-8-23-15(3)24-9-17)7-19(20)22(25-27)14(2)29/h4-5,7-9,12-13,18H,6,10-11H2,1-3H3. The number of ketones is 1. The van der Waals surface area contributed by atoms with Crippen LogP contribution in [-0.4, -0.2) is 55.2 Å². The van der Waals surface area contributed by atoms with Gasteiger partial charge in [0, 0.05) is 36.8 Å². The van der Waals surface area contributed by atoms with Gasteiger partial charge in [0.1, 0.15) is 24.3 Å². The van der Waals surface area contributed by atoms with Crippen LogP contribution in [0.5, 0.6) is 0 Å². The molecule has 8 heteroatoms. The van der Waals surface area contributed by atoms with Crippen molar-refractivity contribution in [3.05, 3.63) is 42.1 Å². The summed E-state index contributed by atoms with van der Waals surface area (Å²) in [4.78, 5) is 46.5. The maximum absolute atomic E-state index is 12.9. The van der Waals surface area contributed by atoms with Gasteiger partial charge >= 0.3 is 0 Å². The number of carbonyl (C=O) groups is 3. The lowest BCUT2D eigenvalue weighted by Gasteiger charge is -2.20. The third-order valence-corrected chi connectivity index (χ3v) is 5.51. The average molecular weight is 405 g/mol. The molecule has 1 fully saturated rings. The van der Waals surface area contributed by atoms with Crippen LogP contribution >= 0.6 is 0 Å². The molecule has 154 valence electrons. The molecule has 4 rings (SSSR count). The zero-order chi connectivity index (χ0) is 21.4. The molecular weight excluding hydrogens is 382 g/mol. The molecule has 1 aliphatic heterocycles. The molecule has 1 aliphatic rings. The van der Waals surface area contributed by atoms with Gasteiger partial charge in [0.05, 0.1) is 11.6 Å². The van der Waals surface area contributed by atoms with E-state index in [2.05, 4.69) is 15.1 Å². The lowest BCUT2D eigenvalue weighted by Crippen LogP contribution is -2.38. The van der Waals surface area contributed by atoms with Crippen molar-refractivity contribution in [1.29, 1.82) is 0 Å². The van der Waals surface area contributed by atoms with Crippen LogP contribution in [0.15, 0.2) is 30.6 Å². The second-order valence-corrected chi connectivity index (χ2v) is 7.90. The van der Waals surface area contributed by atoms with E-state index in [-0.39, 0.29) is 24.2 Å². The summed E-state index contributed by atoms with van der Waals surface area (Å²) in [5, 5.41) is 5.10. The highest BCUT2D eigenvalue weighted by Gasteiger charge is 2.33. The number of aryl methyl sites for hydroxylation is 1. The Kier molecular flexibility index (Phi) is 5.15. The number of benzene rings is 1. The van der Waals surface area contributed by atoms with Gasteiger partial charge in [-0.25, -0.2) is 9.97 Å². The van der Waals surface area contributed by atoms with Crippen molar-refractivity contribution in [1.82, 2.24) is 24.6 Å². The van der Waals surface area contributed by atoms with E-state index in [0.29, 0.717) is 35.4 Å². The van der Waals surface area contributed by atoms with E-state index in [1.54, 1.807) is 22.0 Å². The summed E-state index contributed by atoms with van der Waals surface area (Å²) in [6, 6.07) is 5.23. The molecule has 0 spiro atoms. The lowest BCUT2D eigenvalue weighted by atomic mass is 10.0. The second-order valence-electron chi connectivity index (χ2n) is 7.90. The summed E-state index contributed by atoms with van der Waals surface area (Å²) >= 11 is 0. The van der Waals surface area contributed by atoms with Crippen LogP contribution in [0.4, 0.5) is 0 Å². The minimum atomic E-state index is -0.394. The maximum atomic E-state index is 12.9. The van der Waals surface area contributed by atoms with E-state index in [0.717, 1.165) is 17.4 Å². The van der Waals surface area contributed by atoms with Gasteiger partial charge in [-0.05, 0) is 37.0 Å². The van der Waals surface area contributed by atoms with Gasteiger partial charge in [-0.3, -0.25) is 14.3 Å². The van der Waals surface area contributed by atoms with Crippen molar-refractivity contribution < 1.29 is 14.4 Å².